The lowest BCUT2D eigenvalue weighted by Crippen LogP contribution is -2.36. The summed E-state index contributed by atoms with van der Waals surface area (Å²) in [6.07, 6.45) is -0.208. The Balaban J connectivity index is 2.17. The zero-order valence-corrected chi connectivity index (χ0v) is 10.8. The first kappa shape index (κ1) is 14.8. The molecule has 0 heterocycles. The molecule has 0 saturated heterocycles. The van der Waals surface area contributed by atoms with E-state index in [0.29, 0.717) is 6.07 Å². The predicted molar refractivity (Wildman–Crippen MR) is 65.7 cm³/mol. The Labute approximate surface area is 114 Å². The Hall–Kier alpha value is -1.59. The topological polar surface area (TPSA) is 29.1 Å². The summed E-state index contributed by atoms with van der Waals surface area (Å²) in [5, 5.41) is 2.61. The molecule has 1 aliphatic rings. The standard InChI is InChI=1S/C14H15F4NO/c15-12-10(7-4-8-11(12)14(16,17)18)13(20)19-9-5-2-1-3-6-9/h4,7-9H,1-3,5-6H2,(H,19,20). The van der Waals surface area contributed by atoms with Crippen molar-refractivity contribution in [3.05, 3.63) is 35.1 Å². The van der Waals surface area contributed by atoms with Gasteiger partial charge < -0.3 is 5.32 Å². The SMILES string of the molecule is O=C(NC1CCCCC1)c1cccc(C(F)(F)F)c1F. The summed E-state index contributed by atoms with van der Waals surface area (Å²) in [6, 6.07) is 2.67. The molecule has 1 aromatic carbocycles. The first-order valence-electron chi connectivity index (χ1n) is 6.56. The van der Waals surface area contributed by atoms with Gasteiger partial charge >= 0.3 is 6.18 Å². The van der Waals surface area contributed by atoms with Crippen LogP contribution in [-0.4, -0.2) is 11.9 Å². The van der Waals surface area contributed by atoms with E-state index < -0.39 is 29.0 Å². The smallest absolute Gasteiger partial charge is 0.349 e. The molecule has 0 aromatic heterocycles. The molecular formula is C14H15F4NO. The van der Waals surface area contributed by atoms with Crippen molar-refractivity contribution in [2.45, 2.75) is 44.3 Å². The van der Waals surface area contributed by atoms with Crippen LogP contribution in [0.3, 0.4) is 0 Å². The van der Waals surface area contributed by atoms with Gasteiger partial charge in [0.05, 0.1) is 11.1 Å². The van der Waals surface area contributed by atoms with Gasteiger partial charge in [-0.1, -0.05) is 25.3 Å². The van der Waals surface area contributed by atoms with Crippen LogP contribution in [0.15, 0.2) is 18.2 Å². The minimum absolute atomic E-state index is 0.0785. The Kier molecular flexibility index (Phi) is 4.30. The summed E-state index contributed by atoms with van der Waals surface area (Å²) in [5.74, 6) is -2.28. The summed E-state index contributed by atoms with van der Waals surface area (Å²) >= 11 is 0. The van der Waals surface area contributed by atoms with Crippen LogP contribution < -0.4 is 5.32 Å². The van der Waals surface area contributed by atoms with E-state index in [-0.39, 0.29) is 6.04 Å². The first-order valence-corrected chi connectivity index (χ1v) is 6.56. The zero-order valence-electron chi connectivity index (χ0n) is 10.8. The zero-order chi connectivity index (χ0) is 14.8. The molecular weight excluding hydrogens is 274 g/mol. The maximum Gasteiger partial charge on any atom is 0.419 e. The third-order valence-corrected chi connectivity index (χ3v) is 3.49. The Morgan fingerprint density at radius 3 is 2.40 bits per heavy atom. The number of amides is 1. The van der Waals surface area contributed by atoms with Crippen LogP contribution in [-0.2, 0) is 6.18 Å². The molecule has 0 radical (unpaired) electrons. The highest BCUT2D eigenvalue weighted by molar-refractivity contribution is 5.94. The number of benzene rings is 1. The summed E-state index contributed by atoms with van der Waals surface area (Å²) in [4.78, 5) is 11.9. The Morgan fingerprint density at radius 2 is 1.80 bits per heavy atom. The van der Waals surface area contributed by atoms with E-state index in [2.05, 4.69) is 5.32 Å². The molecule has 1 N–H and O–H groups in total. The summed E-state index contributed by atoms with van der Waals surface area (Å²) in [7, 11) is 0. The lowest BCUT2D eigenvalue weighted by molar-refractivity contribution is -0.140. The molecule has 2 nitrogen and oxygen atoms in total. The highest BCUT2D eigenvalue weighted by Gasteiger charge is 2.35. The van der Waals surface area contributed by atoms with E-state index in [1.165, 1.54) is 0 Å². The van der Waals surface area contributed by atoms with E-state index >= 15 is 0 Å². The molecule has 1 aliphatic carbocycles. The fourth-order valence-corrected chi connectivity index (χ4v) is 2.44. The van der Waals surface area contributed by atoms with Crippen molar-refractivity contribution in [1.82, 2.24) is 5.32 Å². The van der Waals surface area contributed by atoms with Crippen LogP contribution in [0.2, 0.25) is 0 Å². The van der Waals surface area contributed by atoms with Crippen molar-refractivity contribution in [2.75, 3.05) is 0 Å². The van der Waals surface area contributed by atoms with Crippen molar-refractivity contribution >= 4 is 5.91 Å². The van der Waals surface area contributed by atoms with E-state index in [1.807, 2.05) is 0 Å². The molecule has 2 rings (SSSR count). The molecule has 0 aliphatic heterocycles. The highest BCUT2D eigenvalue weighted by Crippen LogP contribution is 2.32. The average Bonchev–Trinajstić information content (AvgIpc) is 2.38. The summed E-state index contributed by atoms with van der Waals surface area (Å²) in [6.45, 7) is 0. The number of nitrogens with one attached hydrogen (secondary N) is 1. The first-order chi connectivity index (χ1) is 9.39. The second kappa shape index (κ2) is 5.81. The van der Waals surface area contributed by atoms with Gasteiger partial charge in [0.1, 0.15) is 5.82 Å². The lowest BCUT2D eigenvalue weighted by Gasteiger charge is -2.23. The molecule has 0 unspecified atom stereocenters. The van der Waals surface area contributed by atoms with Gasteiger partial charge in [0.2, 0.25) is 0 Å². The van der Waals surface area contributed by atoms with Crippen molar-refractivity contribution in [3.8, 4) is 0 Å². The quantitative estimate of drug-likeness (QED) is 0.822. The van der Waals surface area contributed by atoms with Crippen LogP contribution in [0.1, 0.15) is 48.0 Å². The number of hydrogen-bond donors (Lipinski definition) is 1. The molecule has 1 aromatic rings. The van der Waals surface area contributed by atoms with E-state index in [0.717, 1.165) is 44.2 Å². The second-order valence-corrected chi connectivity index (χ2v) is 4.97. The fourth-order valence-electron chi connectivity index (χ4n) is 2.44. The van der Waals surface area contributed by atoms with Crippen LogP contribution >= 0.6 is 0 Å². The van der Waals surface area contributed by atoms with Gasteiger partial charge in [-0.05, 0) is 25.0 Å². The second-order valence-electron chi connectivity index (χ2n) is 4.97. The summed E-state index contributed by atoms with van der Waals surface area (Å²) in [5.41, 5.74) is -1.96. The van der Waals surface area contributed by atoms with E-state index in [4.69, 9.17) is 0 Å². The molecule has 110 valence electrons. The van der Waals surface area contributed by atoms with Gasteiger partial charge in [0.15, 0.2) is 0 Å². The molecule has 1 fully saturated rings. The predicted octanol–water partition coefficient (Wildman–Crippen LogP) is 3.91. The number of halogens is 4. The number of alkyl halides is 3. The fraction of sp³-hybridized carbons (Fsp3) is 0.500. The van der Waals surface area contributed by atoms with Gasteiger partial charge in [0.25, 0.3) is 5.91 Å². The maximum atomic E-state index is 13.8. The van der Waals surface area contributed by atoms with Crippen molar-refractivity contribution < 1.29 is 22.4 Å². The molecule has 6 heteroatoms. The van der Waals surface area contributed by atoms with Gasteiger partial charge in [0, 0.05) is 6.04 Å². The van der Waals surface area contributed by atoms with E-state index in [9.17, 15) is 22.4 Å². The average molecular weight is 289 g/mol. The van der Waals surface area contributed by atoms with Crippen LogP contribution in [0.4, 0.5) is 17.6 Å². The molecule has 20 heavy (non-hydrogen) atoms. The molecule has 1 saturated carbocycles. The number of carbonyl (C=O) groups excluding carboxylic acids is 1. The Morgan fingerprint density at radius 1 is 1.15 bits per heavy atom. The molecule has 0 bridgehead atoms. The lowest BCUT2D eigenvalue weighted by atomic mass is 9.95. The molecule has 0 atom stereocenters. The molecule has 1 amide bonds. The van der Waals surface area contributed by atoms with Gasteiger partial charge in [-0.2, -0.15) is 13.2 Å². The number of rotatable bonds is 2. The van der Waals surface area contributed by atoms with Crippen molar-refractivity contribution in [1.29, 1.82) is 0 Å². The van der Waals surface area contributed by atoms with E-state index in [1.54, 1.807) is 0 Å². The monoisotopic (exact) mass is 289 g/mol. The van der Waals surface area contributed by atoms with Gasteiger partial charge in [-0.25, -0.2) is 4.39 Å². The number of hydrogen-bond acceptors (Lipinski definition) is 1. The highest BCUT2D eigenvalue weighted by atomic mass is 19.4. The minimum atomic E-state index is -4.80. The van der Waals surface area contributed by atoms with Crippen LogP contribution in [0.25, 0.3) is 0 Å². The summed E-state index contributed by atoms with van der Waals surface area (Å²) < 4.78 is 51.5. The van der Waals surface area contributed by atoms with Gasteiger partial charge in [-0.3, -0.25) is 4.79 Å². The van der Waals surface area contributed by atoms with Crippen molar-refractivity contribution in [3.63, 3.8) is 0 Å². The Bertz CT molecular complexity index is 492. The van der Waals surface area contributed by atoms with Gasteiger partial charge in [-0.15, -0.1) is 0 Å². The normalized spacial score (nSPS) is 17.0. The number of carbonyl (C=O) groups is 1. The van der Waals surface area contributed by atoms with Crippen LogP contribution in [0.5, 0.6) is 0 Å². The minimum Gasteiger partial charge on any atom is -0.349 e. The van der Waals surface area contributed by atoms with Crippen molar-refractivity contribution in [2.24, 2.45) is 0 Å². The largest absolute Gasteiger partial charge is 0.419 e. The molecule has 0 spiro atoms. The maximum absolute atomic E-state index is 13.8. The third kappa shape index (κ3) is 3.29. The third-order valence-electron chi connectivity index (χ3n) is 3.49. The van der Waals surface area contributed by atoms with Crippen LogP contribution in [0, 0.1) is 5.82 Å².